The summed E-state index contributed by atoms with van der Waals surface area (Å²) in [5, 5.41) is 9.84. The summed E-state index contributed by atoms with van der Waals surface area (Å²) in [6, 6.07) is -2.07. The van der Waals surface area contributed by atoms with E-state index in [2.05, 4.69) is 4.74 Å². The van der Waals surface area contributed by atoms with Crippen LogP contribution in [0.5, 0.6) is 0 Å². The lowest BCUT2D eigenvalue weighted by molar-refractivity contribution is -0.149. The summed E-state index contributed by atoms with van der Waals surface area (Å²) >= 11 is 0. The van der Waals surface area contributed by atoms with Crippen molar-refractivity contribution in [2.75, 3.05) is 7.11 Å². The van der Waals surface area contributed by atoms with Crippen molar-refractivity contribution in [1.82, 2.24) is 4.90 Å². The normalized spacial score (nSPS) is 36.1. The van der Waals surface area contributed by atoms with Crippen LogP contribution in [-0.4, -0.2) is 59.1 Å². The van der Waals surface area contributed by atoms with Crippen molar-refractivity contribution in [1.29, 1.82) is 0 Å². The summed E-state index contributed by atoms with van der Waals surface area (Å²) in [5.41, 5.74) is -0.768. The van der Waals surface area contributed by atoms with Gasteiger partial charge in [0.1, 0.15) is 17.8 Å². The molecular formula is C13H20FNO5. The lowest BCUT2D eigenvalue weighted by Crippen LogP contribution is -2.55. The van der Waals surface area contributed by atoms with E-state index < -0.39 is 47.9 Å². The lowest BCUT2D eigenvalue weighted by atomic mass is 9.97. The molecule has 1 amide bonds. The van der Waals surface area contributed by atoms with E-state index in [0.717, 1.165) is 4.90 Å². The molecule has 1 aliphatic carbocycles. The number of methoxy groups -OCH3 is 1. The van der Waals surface area contributed by atoms with Crippen molar-refractivity contribution in [2.24, 2.45) is 5.92 Å². The molecule has 1 saturated carbocycles. The van der Waals surface area contributed by atoms with Crippen molar-refractivity contribution >= 4 is 12.1 Å². The molecule has 2 fully saturated rings. The summed E-state index contributed by atoms with van der Waals surface area (Å²) in [6.45, 7) is 5.03. The number of hydrogen-bond donors (Lipinski definition) is 1. The Hall–Kier alpha value is -1.37. The van der Waals surface area contributed by atoms with Gasteiger partial charge in [-0.25, -0.2) is 14.0 Å². The zero-order valence-electron chi connectivity index (χ0n) is 12.0. The molecule has 0 aromatic rings. The lowest BCUT2D eigenvalue weighted by Gasteiger charge is -2.36. The van der Waals surface area contributed by atoms with Crippen LogP contribution >= 0.6 is 0 Å². The third kappa shape index (κ3) is 2.34. The fourth-order valence-electron chi connectivity index (χ4n) is 3.01. The van der Waals surface area contributed by atoms with Gasteiger partial charge < -0.3 is 14.6 Å². The molecule has 1 N–H and O–H groups in total. The highest BCUT2D eigenvalue weighted by atomic mass is 19.1. The van der Waals surface area contributed by atoms with Crippen molar-refractivity contribution in [3.05, 3.63) is 0 Å². The minimum absolute atomic E-state index is 0.144. The number of likely N-dealkylation sites (tertiary alicyclic amines) is 1. The topological polar surface area (TPSA) is 76.1 Å². The van der Waals surface area contributed by atoms with Crippen molar-refractivity contribution in [3.8, 4) is 0 Å². The van der Waals surface area contributed by atoms with Crippen molar-refractivity contribution in [2.45, 2.75) is 57.2 Å². The first-order valence-electron chi connectivity index (χ1n) is 6.58. The number of aliphatic hydroxyl groups is 1. The van der Waals surface area contributed by atoms with E-state index in [1.807, 2.05) is 0 Å². The number of carbonyl (C=O) groups is 2. The first kappa shape index (κ1) is 15.0. The molecule has 1 aliphatic heterocycles. The van der Waals surface area contributed by atoms with E-state index >= 15 is 0 Å². The maximum Gasteiger partial charge on any atom is 0.411 e. The van der Waals surface area contributed by atoms with Crippen LogP contribution in [-0.2, 0) is 14.3 Å². The standard InChI is InChI=1S/C13H20FNO5/c1-13(2,3)20-12(18)15-9(11(17)19-4)6-5-7(16)10(15)8(6)14/h6-10,16H,5H2,1-4H3/t6-,7?,8+,9+,10+/m1/s1. The van der Waals surface area contributed by atoms with Gasteiger partial charge >= 0.3 is 12.1 Å². The van der Waals surface area contributed by atoms with Crippen molar-refractivity contribution in [3.63, 3.8) is 0 Å². The van der Waals surface area contributed by atoms with Crippen LogP contribution in [0.25, 0.3) is 0 Å². The first-order valence-corrected chi connectivity index (χ1v) is 6.58. The molecule has 0 radical (unpaired) electrons. The average molecular weight is 289 g/mol. The second-order valence-electron chi connectivity index (χ2n) is 6.26. The highest BCUT2D eigenvalue weighted by molar-refractivity contribution is 5.83. The fraction of sp³-hybridized carbons (Fsp3) is 0.846. The number of fused-ring (bicyclic) bond motifs is 2. The molecule has 20 heavy (non-hydrogen) atoms. The molecule has 0 spiro atoms. The highest BCUT2D eigenvalue weighted by Crippen LogP contribution is 2.45. The largest absolute Gasteiger partial charge is 0.467 e. The molecule has 5 atom stereocenters. The number of aliphatic hydroxyl groups excluding tert-OH is 1. The Morgan fingerprint density at radius 1 is 1.35 bits per heavy atom. The van der Waals surface area contributed by atoms with Crippen LogP contribution in [0.3, 0.4) is 0 Å². The Bertz CT molecular complexity index is 421. The molecule has 1 saturated heterocycles. The maximum absolute atomic E-state index is 14.2. The summed E-state index contributed by atoms with van der Waals surface area (Å²) in [5.74, 6) is -1.42. The first-order chi connectivity index (χ1) is 9.17. The molecule has 2 aliphatic rings. The summed E-state index contributed by atoms with van der Waals surface area (Å²) in [4.78, 5) is 25.0. The van der Waals surface area contributed by atoms with Gasteiger partial charge in [0.15, 0.2) is 0 Å². The van der Waals surface area contributed by atoms with Crippen LogP contribution in [0.15, 0.2) is 0 Å². The number of carbonyl (C=O) groups excluding carboxylic acids is 2. The van der Waals surface area contributed by atoms with Gasteiger partial charge in [-0.3, -0.25) is 4.90 Å². The predicted octanol–water partition coefficient (Wildman–Crippen LogP) is 0.866. The molecule has 1 heterocycles. The third-order valence-electron chi connectivity index (χ3n) is 3.72. The van der Waals surface area contributed by atoms with Gasteiger partial charge in [-0.05, 0) is 27.2 Å². The number of alkyl halides is 1. The SMILES string of the molecule is COC(=O)[C@@H]1[C@@H]2CC(O)[C@@H]([C@H]2F)N1C(=O)OC(C)(C)C. The number of amides is 1. The summed E-state index contributed by atoms with van der Waals surface area (Å²) in [6.07, 6.45) is -3.09. The zero-order chi connectivity index (χ0) is 15.2. The number of nitrogens with zero attached hydrogens (tertiary/aromatic N) is 1. The van der Waals surface area contributed by atoms with Gasteiger partial charge in [-0.1, -0.05) is 0 Å². The number of rotatable bonds is 1. The monoisotopic (exact) mass is 289 g/mol. The number of esters is 1. The van der Waals surface area contributed by atoms with Crippen molar-refractivity contribution < 1.29 is 28.6 Å². The highest BCUT2D eigenvalue weighted by Gasteiger charge is 2.63. The van der Waals surface area contributed by atoms with Crippen LogP contribution in [0, 0.1) is 5.92 Å². The maximum atomic E-state index is 14.2. The molecule has 114 valence electrons. The van der Waals surface area contributed by atoms with E-state index in [-0.39, 0.29) is 6.42 Å². The number of piperidine rings is 1. The quantitative estimate of drug-likeness (QED) is 0.725. The Morgan fingerprint density at radius 3 is 2.45 bits per heavy atom. The molecule has 1 unspecified atom stereocenters. The minimum atomic E-state index is -1.44. The van der Waals surface area contributed by atoms with Crippen LogP contribution in [0.2, 0.25) is 0 Å². The van der Waals surface area contributed by atoms with Gasteiger partial charge in [0.2, 0.25) is 0 Å². The second-order valence-corrected chi connectivity index (χ2v) is 6.26. The zero-order valence-corrected chi connectivity index (χ0v) is 12.0. The Balaban J connectivity index is 2.27. The molecule has 2 rings (SSSR count). The average Bonchev–Trinajstić information content (AvgIpc) is 2.75. The third-order valence-corrected chi connectivity index (χ3v) is 3.72. The van der Waals surface area contributed by atoms with E-state index in [1.165, 1.54) is 7.11 Å². The number of hydrogen-bond acceptors (Lipinski definition) is 5. The molecule has 7 heteroatoms. The Morgan fingerprint density at radius 2 is 1.95 bits per heavy atom. The van der Waals surface area contributed by atoms with Gasteiger partial charge in [0.25, 0.3) is 0 Å². The van der Waals surface area contributed by atoms with Crippen LogP contribution < -0.4 is 0 Å². The number of ether oxygens (including phenoxy) is 2. The second kappa shape index (κ2) is 4.87. The molecule has 6 nitrogen and oxygen atoms in total. The molecule has 2 bridgehead atoms. The van der Waals surface area contributed by atoms with E-state index in [9.17, 15) is 19.1 Å². The minimum Gasteiger partial charge on any atom is -0.467 e. The van der Waals surface area contributed by atoms with Gasteiger partial charge in [-0.2, -0.15) is 0 Å². The van der Waals surface area contributed by atoms with Gasteiger partial charge in [-0.15, -0.1) is 0 Å². The smallest absolute Gasteiger partial charge is 0.411 e. The molecular weight excluding hydrogens is 269 g/mol. The van der Waals surface area contributed by atoms with Gasteiger partial charge in [0.05, 0.1) is 19.3 Å². The van der Waals surface area contributed by atoms with Crippen LogP contribution in [0.4, 0.5) is 9.18 Å². The Labute approximate surface area is 116 Å². The molecule has 0 aromatic carbocycles. The van der Waals surface area contributed by atoms with Crippen LogP contribution in [0.1, 0.15) is 27.2 Å². The van der Waals surface area contributed by atoms with Gasteiger partial charge in [0, 0.05) is 5.92 Å². The number of halogens is 1. The summed E-state index contributed by atoms with van der Waals surface area (Å²) < 4.78 is 24.0. The van der Waals surface area contributed by atoms with E-state index in [0.29, 0.717) is 0 Å². The Kier molecular flexibility index (Phi) is 3.66. The molecule has 0 aromatic heterocycles. The fourth-order valence-corrected chi connectivity index (χ4v) is 3.01. The van der Waals surface area contributed by atoms with E-state index in [1.54, 1.807) is 20.8 Å². The van der Waals surface area contributed by atoms with E-state index in [4.69, 9.17) is 4.74 Å². The predicted molar refractivity (Wildman–Crippen MR) is 66.7 cm³/mol. The summed E-state index contributed by atoms with van der Waals surface area (Å²) in [7, 11) is 1.19.